The second-order valence-corrected chi connectivity index (χ2v) is 9.93. The van der Waals surface area contributed by atoms with Crippen molar-refractivity contribution in [2.75, 3.05) is 13.1 Å². The van der Waals surface area contributed by atoms with Crippen LogP contribution in [0.25, 0.3) is 10.8 Å². The molecule has 1 aliphatic heterocycles. The van der Waals surface area contributed by atoms with Gasteiger partial charge in [0.2, 0.25) is 15.9 Å². The predicted octanol–water partition coefficient (Wildman–Crippen LogP) is 4.26. The van der Waals surface area contributed by atoms with Gasteiger partial charge < -0.3 is 5.32 Å². The summed E-state index contributed by atoms with van der Waals surface area (Å²) in [5.74, 6) is -0.939. The molecule has 1 N–H and O–H groups in total. The molecular formula is C24H25FN2O3S. The molecule has 162 valence electrons. The Bertz CT molecular complexity index is 1190. The predicted molar refractivity (Wildman–Crippen MR) is 118 cm³/mol. The highest BCUT2D eigenvalue weighted by Gasteiger charge is 2.33. The van der Waals surface area contributed by atoms with Crippen molar-refractivity contribution in [3.05, 3.63) is 78.1 Å². The molecule has 1 amide bonds. The molecule has 5 nitrogen and oxygen atoms in total. The molecule has 3 aromatic rings. The van der Waals surface area contributed by atoms with Gasteiger partial charge in [-0.15, -0.1) is 0 Å². The van der Waals surface area contributed by atoms with Crippen molar-refractivity contribution in [2.45, 2.75) is 30.7 Å². The highest BCUT2D eigenvalue weighted by molar-refractivity contribution is 7.89. The van der Waals surface area contributed by atoms with Crippen LogP contribution < -0.4 is 5.32 Å². The third kappa shape index (κ3) is 4.62. The van der Waals surface area contributed by atoms with Gasteiger partial charge >= 0.3 is 0 Å². The Kier molecular flexibility index (Phi) is 6.07. The molecule has 4 rings (SSSR count). The van der Waals surface area contributed by atoms with E-state index in [-0.39, 0.29) is 29.2 Å². The number of fused-ring (bicyclic) bond motifs is 1. The quantitative estimate of drug-likeness (QED) is 0.645. The van der Waals surface area contributed by atoms with Crippen molar-refractivity contribution in [3.8, 4) is 0 Å². The fraction of sp³-hybridized carbons (Fsp3) is 0.292. The average molecular weight is 441 g/mol. The SMILES string of the molecule is C[C@@H](NC(=O)[C@H]1CCCN(S(=O)(=O)c2ccc3ccccc3c2)C1)c1ccc(F)cc1. The Morgan fingerprint density at radius 2 is 1.77 bits per heavy atom. The number of nitrogens with one attached hydrogen (secondary N) is 1. The van der Waals surface area contributed by atoms with Gasteiger partial charge in [-0.05, 0) is 60.4 Å². The summed E-state index contributed by atoms with van der Waals surface area (Å²) in [5.41, 5.74) is 0.797. The molecule has 7 heteroatoms. The van der Waals surface area contributed by atoms with Crippen LogP contribution in [-0.4, -0.2) is 31.7 Å². The number of hydrogen-bond donors (Lipinski definition) is 1. The zero-order chi connectivity index (χ0) is 22.0. The second-order valence-electron chi connectivity index (χ2n) is 7.99. The number of piperidine rings is 1. The molecule has 31 heavy (non-hydrogen) atoms. The maximum absolute atomic E-state index is 13.2. The van der Waals surface area contributed by atoms with Gasteiger partial charge in [0.1, 0.15) is 5.82 Å². The summed E-state index contributed by atoms with van der Waals surface area (Å²) < 4.78 is 41.0. The van der Waals surface area contributed by atoms with Crippen molar-refractivity contribution in [1.82, 2.24) is 9.62 Å². The van der Waals surface area contributed by atoms with Crippen molar-refractivity contribution in [3.63, 3.8) is 0 Å². The van der Waals surface area contributed by atoms with E-state index in [2.05, 4.69) is 5.32 Å². The summed E-state index contributed by atoms with van der Waals surface area (Å²) >= 11 is 0. The summed E-state index contributed by atoms with van der Waals surface area (Å²) in [6.45, 7) is 2.38. The van der Waals surface area contributed by atoms with Crippen molar-refractivity contribution < 1.29 is 17.6 Å². The van der Waals surface area contributed by atoms with Crippen molar-refractivity contribution >= 4 is 26.7 Å². The lowest BCUT2D eigenvalue weighted by molar-refractivity contribution is -0.126. The van der Waals surface area contributed by atoms with E-state index in [1.54, 1.807) is 30.3 Å². The first kappa shape index (κ1) is 21.5. The zero-order valence-electron chi connectivity index (χ0n) is 17.3. The van der Waals surface area contributed by atoms with E-state index in [1.807, 2.05) is 31.2 Å². The molecule has 1 heterocycles. The average Bonchev–Trinajstić information content (AvgIpc) is 2.79. The zero-order valence-corrected chi connectivity index (χ0v) is 18.1. The maximum Gasteiger partial charge on any atom is 0.243 e. The van der Waals surface area contributed by atoms with E-state index in [1.165, 1.54) is 16.4 Å². The van der Waals surface area contributed by atoms with Gasteiger partial charge in [0.15, 0.2) is 0 Å². The first-order chi connectivity index (χ1) is 14.8. The summed E-state index contributed by atoms with van der Waals surface area (Å²) in [6.07, 6.45) is 1.25. The molecule has 0 aliphatic carbocycles. The molecule has 0 unspecified atom stereocenters. The van der Waals surface area contributed by atoms with E-state index >= 15 is 0 Å². The number of carbonyl (C=O) groups excluding carboxylic acids is 1. The van der Waals surface area contributed by atoms with E-state index in [0.717, 1.165) is 16.3 Å². The standard InChI is InChI=1S/C24H25FN2O3S/c1-17(18-8-11-22(25)12-9-18)26-24(28)21-7-4-14-27(16-21)31(29,30)23-13-10-19-5-2-3-6-20(19)15-23/h2-3,5-6,8-13,15,17,21H,4,7,14,16H2,1H3,(H,26,28)/t17-,21+/m1/s1. The number of hydrogen-bond acceptors (Lipinski definition) is 3. The van der Waals surface area contributed by atoms with Gasteiger partial charge in [0.05, 0.1) is 16.9 Å². The number of carbonyl (C=O) groups is 1. The van der Waals surface area contributed by atoms with Crippen LogP contribution in [-0.2, 0) is 14.8 Å². The highest BCUT2D eigenvalue weighted by Crippen LogP contribution is 2.27. The number of benzene rings is 3. The molecule has 1 saturated heterocycles. The summed E-state index contributed by atoms with van der Waals surface area (Å²) in [7, 11) is -3.69. The molecule has 3 aromatic carbocycles. The Morgan fingerprint density at radius 3 is 2.52 bits per heavy atom. The molecule has 0 spiro atoms. The van der Waals surface area contributed by atoms with E-state index in [4.69, 9.17) is 0 Å². The lowest BCUT2D eigenvalue weighted by Gasteiger charge is -2.32. The van der Waals surface area contributed by atoms with Crippen LogP contribution in [0.15, 0.2) is 71.6 Å². The minimum absolute atomic E-state index is 0.150. The second kappa shape index (κ2) is 8.77. The van der Waals surface area contributed by atoms with Gasteiger partial charge in [0.25, 0.3) is 0 Å². The summed E-state index contributed by atoms with van der Waals surface area (Å²) in [4.78, 5) is 13.1. The van der Waals surface area contributed by atoms with Crippen LogP contribution in [0.2, 0.25) is 0 Å². The number of nitrogens with zero attached hydrogens (tertiary/aromatic N) is 1. The van der Waals surface area contributed by atoms with Crippen LogP contribution in [0.5, 0.6) is 0 Å². The van der Waals surface area contributed by atoms with Gasteiger partial charge in [-0.25, -0.2) is 12.8 Å². The molecule has 0 aromatic heterocycles. The first-order valence-electron chi connectivity index (χ1n) is 10.4. The lowest BCUT2D eigenvalue weighted by Crippen LogP contribution is -2.45. The number of halogens is 1. The van der Waals surface area contributed by atoms with Crippen LogP contribution in [0.3, 0.4) is 0 Å². The Balaban J connectivity index is 1.47. The van der Waals surface area contributed by atoms with E-state index in [9.17, 15) is 17.6 Å². The van der Waals surface area contributed by atoms with Crippen molar-refractivity contribution in [2.24, 2.45) is 5.92 Å². The van der Waals surface area contributed by atoms with Crippen molar-refractivity contribution in [1.29, 1.82) is 0 Å². The maximum atomic E-state index is 13.2. The first-order valence-corrected chi connectivity index (χ1v) is 11.8. The van der Waals surface area contributed by atoms with Gasteiger partial charge in [-0.3, -0.25) is 4.79 Å². The number of amides is 1. The van der Waals surface area contributed by atoms with E-state index in [0.29, 0.717) is 19.4 Å². The molecule has 1 aliphatic rings. The molecule has 2 atom stereocenters. The van der Waals surface area contributed by atoms with E-state index < -0.39 is 15.9 Å². The Labute approximate surface area is 181 Å². The smallest absolute Gasteiger partial charge is 0.243 e. The molecule has 0 saturated carbocycles. The topological polar surface area (TPSA) is 66.5 Å². The Morgan fingerprint density at radius 1 is 1.06 bits per heavy atom. The van der Waals surface area contributed by atoms with Gasteiger partial charge in [0, 0.05) is 13.1 Å². The monoisotopic (exact) mass is 440 g/mol. The fourth-order valence-corrected chi connectivity index (χ4v) is 5.58. The normalized spacial score (nSPS) is 18.6. The minimum atomic E-state index is -3.69. The third-order valence-corrected chi connectivity index (χ3v) is 7.70. The summed E-state index contributed by atoms with van der Waals surface area (Å²) in [5, 5.41) is 4.78. The van der Waals surface area contributed by atoms with Gasteiger partial charge in [-0.2, -0.15) is 4.31 Å². The molecule has 1 fully saturated rings. The molecular weight excluding hydrogens is 415 g/mol. The van der Waals surface area contributed by atoms with Crippen LogP contribution in [0.1, 0.15) is 31.4 Å². The van der Waals surface area contributed by atoms with Crippen LogP contribution >= 0.6 is 0 Å². The molecule has 0 bridgehead atoms. The Hall–Kier alpha value is -2.77. The largest absolute Gasteiger partial charge is 0.349 e. The fourth-order valence-electron chi connectivity index (χ4n) is 4.02. The number of sulfonamides is 1. The van der Waals surface area contributed by atoms with Gasteiger partial charge in [-0.1, -0.05) is 42.5 Å². The number of rotatable bonds is 5. The highest BCUT2D eigenvalue weighted by atomic mass is 32.2. The lowest BCUT2D eigenvalue weighted by atomic mass is 9.98. The molecule has 0 radical (unpaired) electrons. The minimum Gasteiger partial charge on any atom is -0.349 e. The van der Waals surface area contributed by atoms with Crippen LogP contribution in [0.4, 0.5) is 4.39 Å². The van der Waals surface area contributed by atoms with Crippen LogP contribution in [0, 0.1) is 11.7 Å². The third-order valence-electron chi connectivity index (χ3n) is 5.84. The summed E-state index contributed by atoms with van der Waals surface area (Å²) in [6, 6.07) is 18.4.